The SMILES string of the molecule is CC(C)(C)c1ccc2c(c1)c1cc(C(C)(C)C)ccc1n2-c1ccc2c(c1)N(c1cc(-c3ccccc3)cc(-c3ccccc3)c1)c1cc(-c3cccc4oc5ccccc5c34)cc3c1B2c1ccc(-n2c4ccccc4c4cc(-c5ccccc5)ccc42)cc1N3c1c(-c2ccccc2)cccc1-c1ccccc1. The van der Waals surface area contributed by atoms with Crippen LogP contribution in [0.2, 0.25) is 0 Å². The van der Waals surface area contributed by atoms with Gasteiger partial charge in [-0.05, 0) is 203 Å². The molecule has 0 fully saturated rings. The molecule has 19 aromatic rings. The van der Waals surface area contributed by atoms with Gasteiger partial charge in [0.15, 0.2) is 0 Å². The lowest BCUT2D eigenvalue weighted by Gasteiger charge is -2.45. The zero-order valence-corrected chi connectivity index (χ0v) is 62.3. The molecule has 110 heavy (non-hydrogen) atoms. The molecule has 0 amide bonds. The first-order valence-electron chi connectivity index (χ1n) is 38.5. The molecule has 522 valence electrons. The van der Waals surface area contributed by atoms with Crippen LogP contribution in [0.25, 0.3) is 144 Å². The van der Waals surface area contributed by atoms with Gasteiger partial charge in [0.2, 0.25) is 0 Å². The highest BCUT2D eigenvalue weighted by molar-refractivity contribution is 7.00. The van der Waals surface area contributed by atoms with Crippen molar-refractivity contribution in [2.24, 2.45) is 0 Å². The molecule has 0 atom stereocenters. The molecule has 0 saturated heterocycles. The third-order valence-electron chi connectivity index (χ3n) is 23.4. The predicted octanol–water partition coefficient (Wildman–Crippen LogP) is 26.5. The third kappa shape index (κ3) is 10.4. The number of hydrogen-bond donors (Lipinski definition) is 0. The maximum absolute atomic E-state index is 6.89. The Morgan fingerprint density at radius 1 is 0.255 bits per heavy atom. The van der Waals surface area contributed by atoms with Crippen LogP contribution < -0.4 is 26.2 Å². The Morgan fingerprint density at radius 3 is 1.23 bits per heavy atom. The minimum atomic E-state index is -0.288. The monoisotopic (exact) mass is 1410 g/mol. The highest BCUT2D eigenvalue weighted by atomic mass is 16.3. The van der Waals surface area contributed by atoms with Gasteiger partial charge in [-0.1, -0.05) is 290 Å². The van der Waals surface area contributed by atoms with E-state index in [1.165, 1.54) is 71.2 Å². The van der Waals surface area contributed by atoms with Crippen LogP contribution in [-0.2, 0) is 10.8 Å². The van der Waals surface area contributed by atoms with E-state index >= 15 is 0 Å². The summed E-state index contributed by atoms with van der Waals surface area (Å²) in [6, 6.07) is 134. The maximum Gasteiger partial charge on any atom is 0.252 e. The van der Waals surface area contributed by atoms with E-state index in [1.807, 2.05) is 0 Å². The van der Waals surface area contributed by atoms with Crippen LogP contribution in [0, 0.1) is 0 Å². The molecule has 3 aromatic heterocycles. The number of aromatic nitrogens is 2. The second-order valence-electron chi connectivity index (χ2n) is 32.0. The number of para-hydroxylation sites is 3. The van der Waals surface area contributed by atoms with Crippen molar-refractivity contribution in [1.29, 1.82) is 0 Å². The van der Waals surface area contributed by atoms with Gasteiger partial charge >= 0.3 is 0 Å². The van der Waals surface area contributed by atoms with E-state index in [2.05, 4.69) is 418 Å². The topological polar surface area (TPSA) is 29.5 Å². The molecular weight excluding hydrogens is 1330 g/mol. The van der Waals surface area contributed by atoms with E-state index in [0.717, 1.165) is 134 Å². The first-order valence-corrected chi connectivity index (χ1v) is 38.5. The lowest BCUT2D eigenvalue weighted by atomic mass is 9.33. The number of anilines is 6. The summed E-state index contributed by atoms with van der Waals surface area (Å²) in [5.41, 5.74) is 34.6. The average molecular weight is 1410 g/mol. The zero-order chi connectivity index (χ0) is 73.7. The summed E-state index contributed by atoms with van der Waals surface area (Å²) in [4.78, 5) is 5.33. The maximum atomic E-state index is 6.89. The fourth-order valence-electron chi connectivity index (χ4n) is 18.1. The van der Waals surface area contributed by atoms with Crippen molar-refractivity contribution in [2.75, 3.05) is 9.80 Å². The fraction of sp³-hybridized carbons (Fsp3) is 0.0769. The molecule has 5 nitrogen and oxygen atoms in total. The van der Waals surface area contributed by atoms with Gasteiger partial charge in [-0.3, -0.25) is 0 Å². The van der Waals surface area contributed by atoms with Gasteiger partial charge in [0.25, 0.3) is 6.71 Å². The molecular formula is C104H77BN4O. The molecule has 0 N–H and O–H groups in total. The van der Waals surface area contributed by atoms with Crippen LogP contribution in [-0.4, -0.2) is 15.8 Å². The van der Waals surface area contributed by atoms with Crippen molar-refractivity contribution in [2.45, 2.75) is 52.4 Å². The van der Waals surface area contributed by atoms with Gasteiger partial charge in [-0.25, -0.2) is 0 Å². The van der Waals surface area contributed by atoms with Gasteiger partial charge in [0.05, 0.1) is 27.8 Å². The van der Waals surface area contributed by atoms with Crippen molar-refractivity contribution in [3.63, 3.8) is 0 Å². The largest absolute Gasteiger partial charge is 0.456 e. The van der Waals surface area contributed by atoms with E-state index in [4.69, 9.17) is 4.42 Å². The molecule has 0 aliphatic carbocycles. The van der Waals surface area contributed by atoms with E-state index in [9.17, 15) is 0 Å². The Kier molecular flexibility index (Phi) is 14.8. The highest BCUT2D eigenvalue weighted by Crippen LogP contribution is 2.54. The van der Waals surface area contributed by atoms with Crippen LogP contribution in [0.1, 0.15) is 52.7 Å². The molecule has 0 bridgehead atoms. The van der Waals surface area contributed by atoms with E-state index in [-0.39, 0.29) is 17.5 Å². The van der Waals surface area contributed by atoms with Crippen LogP contribution in [0.5, 0.6) is 0 Å². The predicted molar refractivity (Wildman–Crippen MR) is 466 cm³/mol. The summed E-state index contributed by atoms with van der Waals surface area (Å²) in [5.74, 6) is 0. The highest BCUT2D eigenvalue weighted by Gasteiger charge is 2.46. The summed E-state index contributed by atoms with van der Waals surface area (Å²) < 4.78 is 11.9. The van der Waals surface area contributed by atoms with Crippen molar-refractivity contribution >= 4 is 123 Å². The fourth-order valence-corrected chi connectivity index (χ4v) is 18.1. The van der Waals surface area contributed by atoms with Crippen LogP contribution in [0.15, 0.2) is 362 Å². The Balaban J connectivity index is 0.925. The summed E-state index contributed by atoms with van der Waals surface area (Å²) in [6.07, 6.45) is 0. The quantitative estimate of drug-likeness (QED) is 0.128. The van der Waals surface area contributed by atoms with Crippen LogP contribution in [0.4, 0.5) is 34.1 Å². The lowest BCUT2D eigenvalue weighted by Crippen LogP contribution is -2.61. The number of rotatable bonds is 10. The molecule has 21 rings (SSSR count). The van der Waals surface area contributed by atoms with Gasteiger partial charge in [-0.15, -0.1) is 0 Å². The van der Waals surface area contributed by atoms with Gasteiger partial charge in [0, 0.05) is 83.3 Å². The Hall–Kier alpha value is -13.4. The lowest BCUT2D eigenvalue weighted by molar-refractivity contribution is 0.590. The molecule has 2 aliphatic heterocycles. The van der Waals surface area contributed by atoms with Crippen molar-refractivity contribution in [3.05, 3.63) is 369 Å². The number of fused-ring (bicyclic) bond motifs is 13. The summed E-state index contributed by atoms with van der Waals surface area (Å²) in [7, 11) is 0. The normalized spacial score (nSPS) is 12.8. The molecule has 2 aliphatic rings. The molecule has 6 heteroatoms. The molecule has 0 unspecified atom stereocenters. The van der Waals surface area contributed by atoms with E-state index < -0.39 is 0 Å². The Labute approximate surface area is 641 Å². The molecule has 0 radical (unpaired) electrons. The standard InChI is InChI=1S/C104H77BN4O/c1-103(2,3)75-47-54-92-86(62-75)87-63-76(104(4,5)6)48-55-93(87)107(92)77-49-51-88-94(64-77)108(79-57-72(67-30-14-8-15-31-67)56-73(58-79)68-32-16-9-17-33-68)96-60-74(80-40-27-45-99-100(80)84-39-23-25-44-98(84)110-99)61-97-101(96)105(88)89-52-50-78(106-90-43-24-22-38-83(90)85-59-71(46-53-91(85)106)66-28-12-7-13-29-66)65-95(89)109(97)102-81(69-34-18-10-19-35-69)41-26-42-82(102)70-36-20-11-21-37-70/h7-65H,1-6H3. The number of hydrogen-bond acceptors (Lipinski definition) is 3. The minimum absolute atomic E-state index is 0.0692. The van der Waals surface area contributed by atoms with Crippen molar-refractivity contribution < 1.29 is 4.42 Å². The van der Waals surface area contributed by atoms with E-state index in [0.29, 0.717) is 0 Å². The first kappa shape index (κ1) is 64.9. The summed E-state index contributed by atoms with van der Waals surface area (Å²) >= 11 is 0. The van der Waals surface area contributed by atoms with Crippen molar-refractivity contribution in [3.8, 4) is 78.1 Å². The summed E-state index contributed by atoms with van der Waals surface area (Å²) in [6.45, 7) is 13.7. The van der Waals surface area contributed by atoms with Gasteiger partial charge < -0.3 is 23.4 Å². The van der Waals surface area contributed by atoms with E-state index in [1.54, 1.807) is 0 Å². The smallest absolute Gasteiger partial charge is 0.252 e. The molecule has 16 aromatic carbocycles. The average Bonchev–Trinajstić information content (AvgIpc) is 0.884. The van der Waals surface area contributed by atoms with Gasteiger partial charge in [0.1, 0.15) is 11.2 Å². The van der Waals surface area contributed by atoms with Crippen LogP contribution >= 0.6 is 0 Å². The first-order chi connectivity index (χ1) is 53.8. The third-order valence-corrected chi connectivity index (χ3v) is 23.4. The Morgan fingerprint density at radius 2 is 0.682 bits per heavy atom. The zero-order valence-electron chi connectivity index (χ0n) is 62.3. The molecule has 0 saturated carbocycles. The second-order valence-corrected chi connectivity index (χ2v) is 32.0. The van der Waals surface area contributed by atoms with Crippen molar-refractivity contribution in [1.82, 2.24) is 9.13 Å². The number of nitrogens with zero attached hydrogens (tertiary/aromatic N) is 4. The number of furan rings is 1. The summed E-state index contributed by atoms with van der Waals surface area (Å²) in [5, 5.41) is 7.05. The molecule has 0 spiro atoms. The second kappa shape index (κ2) is 25.1. The minimum Gasteiger partial charge on any atom is -0.456 e. The number of benzene rings is 16. The van der Waals surface area contributed by atoms with Gasteiger partial charge in [-0.2, -0.15) is 0 Å². The Bertz CT molecular complexity index is 6730. The molecule has 5 heterocycles. The van der Waals surface area contributed by atoms with Crippen LogP contribution in [0.3, 0.4) is 0 Å².